The van der Waals surface area contributed by atoms with Gasteiger partial charge in [0.2, 0.25) is 7.41 Å². The highest BCUT2D eigenvalue weighted by Crippen LogP contribution is 2.37. The standard InChI is InChI=1S/C15H20BN3/c1-16-19-9-6-14-13(4-2-5-15(14)19)12-10-18(11-12)8-3-7-17/h2,4-5,12,16H,3,6,8-11H2,1H3. The van der Waals surface area contributed by atoms with Gasteiger partial charge in [0.05, 0.1) is 6.07 Å². The molecule has 0 spiro atoms. The maximum atomic E-state index is 8.62. The topological polar surface area (TPSA) is 30.3 Å². The lowest BCUT2D eigenvalue weighted by atomic mass is 9.86. The third kappa shape index (κ3) is 2.23. The fraction of sp³-hybridized carbons (Fsp3) is 0.533. The summed E-state index contributed by atoms with van der Waals surface area (Å²) in [4.78, 5) is 4.87. The first-order valence-electron chi connectivity index (χ1n) is 7.29. The van der Waals surface area contributed by atoms with Crippen LogP contribution in [0.1, 0.15) is 23.5 Å². The molecule has 98 valence electrons. The van der Waals surface area contributed by atoms with Crippen molar-refractivity contribution in [2.45, 2.75) is 25.6 Å². The zero-order chi connectivity index (χ0) is 13.2. The van der Waals surface area contributed by atoms with Crippen molar-refractivity contribution in [1.82, 2.24) is 4.90 Å². The average molecular weight is 253 g/mol. The van der Waals surface area contributed by atoms with Gasteiger partial charge < -0.3 is 9.71 Å². The van der Waals surface area contributed by atoms with Gasteiger partial charge in [-0.1, -0.05) is 19.0 Å². The molecule has 1 fully saturated rings. The molecule has 3 nitrogen and oxygen atoms in total. The van der Waals surface area contributed by atoms with E-state index in [0.29, 0.717) is 12.3 Å². The Kier molecular flexibility index (Phi) is 3.48. The highest BCUT2D eigenvalue weighted by Gasteiger charge is 2.31. The molecule has 2 heterocycles. The van der Waals surface area contributed by atoms with Crippen LogP contribution in [0.5, 0.6) is 0 Å². The van der Waals surface area contributed by atoms with Crippen molar-refractivity contribution >= 4 is 13.1 Å². The van der Waals surface area contributed by atoms with Crippen LogP contribution in [0.15, 0.2) is 18.2 Å². The fourth-order valence-corrected chi connectivity index (χ4v) is 3.40. The van der Waals surface area contributed by atoms with E-state index in [2.05, 4.69) is 40.8 Å². The lowest BCUT2D eigenvalue weighted by Crippen LogP contribution is -2.45. The summed E-state index contributed by atoms with van der Waals surface area (Å²) in [5.74, 6) is 0.686. The zero-order valence-corrected chi connectivity index (χ0v) is 11.6. The third-order valence-electron chi connectivity index (χ3n) is 4.48. The molecule has 0 atom stereocenters. The second-order valence-corrected chi connectivity index (χ2v) is 5.54. The number of nitriles is 1. The molecule has 0 aliphatic carbocycles. The number of nitrogens with zero attached hydrogens (tertiary/aromatic N) is 3. The fourth-order valence-electron chi connectivity index (χ4n) is 3.40. The predicted octanol–water partition coefficient (Wildman–Crippen LogP) is 1.76. The zero-order valence-electron chi connectivity index (χ0n) is 11.6. The largest absolute Gasteiger partial charge is 0.418 e. The second-order valence-electron chi connectivity index (χ2n) is 5.54. The summed E-state index contributed by atoms with van der Waals surface area (Å²) in [7, 11) is 1.11. The minimum atomic E-state index is 0.656. The van der Waals surface area contributed by atoms with Crippen LogP contribution >= 0.6 is 0 Å². The van der Waals surface area contributed by atoms with Crippen LogP contribution in [0.4, 0.5) is 5.69 Å². The van der Waals surface area contributed by atoms with E-state index in [1.807, 2.05) is 0 Å². The molecule has 3 rings (SSSR count). The van der Waals surface area contributed by atoms with Gasteiger partial charge in [0, 0.05) is 44.2 Å². The molecule has 0 radical (unpaired) electrons. The van der Waals surface area contributed by atoms with Crippen molar-refractivity contribution in [1.29, 1.82) is 5.26 Å². The van der Waals surface area contributed by atoms with E-state index in [4.69, 9.17) is 5.26 Å². The van der Waals surface area contributed by atoms with Crippen LogP contribution in [-0.2, 0) is 6.42 Å². The first kappa shape index (κ1) is 12.6. The van der Waals surface area contributed by atoms with Gasteiger partial charge in [-0.05, 0) is 23.6 Å². The number of anilines is 1. The van der Waals surface area contributed by atoms with Crippen LogP contribution in [0.2, 0.25) is 6.82 Å². The van der Waals surface area contributed by atoms with E-state index >= 15 is 0 Å². The van der Waals surface area contributed by atoms with Gasteiger partial charge in [0.1, 0.15) is 0 Å². The average Bonchev–Trinajstić information content (AvgIpc) is 2.80. The Bertz CT molecular complexity index is 503. The maximum absolute atomic E-state index is 8.62. The number of likely N-dealkylation sites (tertiary alicyclic amines) is 1. The number of rotatable bonds is 4. The van der Waals surface area contributed by atoms with Crippen molar-refractivity contribution in [3.8, 4) is 6.07 Å². The number of hydrogen-bond acceptors (Lipinski definition) is 3. The molecular formula is C15H20BN3. The molecule has 19 heavy (non-hydrogen) atoms. The van der Waals surface area contributed by atoms with Crippen molar-refractivity contribution in [3.63, 3.8) is 0 Å². The smallest absolute Gasteiger partial charge is 0.232 e. The first-order valence-corrected chi connectivity index (χ1v) is 7.29. The third-order valence-corrected chi connectivity index (χ3v) is 4.48. The van der Waals surface area contributed by atoms with E-state index in [-0.39, 0.29) is 0 Å². The molecule has 1 aromatic rings. The minimum absolute atomic E-state index is 0.656. The summed E-state index contributed by atoms with van der Waals surface area (Å²) in [5.41, 5.74) is 4.59. The van der Waals surface area contributed by atoms with Crippen LogP contribution in [0.25, 0.3) is 0 Å². The Morgan fingerprint density at radius 1 is 1.42 bits per heavy atom. The molecular weight excluding hydrogens is 233 g/mol. The molecule has 2 aliphatic rings. The van der Waals surface area contributed by atoms with Gasteiger partial charge >= 0.3 is 0 Å². The molecule has 0 N–H and O–H groups in total. The highest BCUT2D eigenvalue weighted by molar-refractivity contribution is 6.40. The Morgan fingerprint density at radius 2 is 2.26 bits per heavy atom. The minimum Gasteiger partial charge on any atom is -0.418 e. The molecule has 0 bridgehead atoms. The predicted molar refractivity (Wildman–Crippen MR) is 79.9 cm³/mol. The van der Waals surface area contributed by atoms with Crippen molar-refractivity contribution in [2.75, 3.05) is 31.0 Å². The molecule has 2 aliphatic heterocycles. The molecule has 0 unspecified atom stereocenters. The van der Waals surface area contributed by atoms with Gasteiger partial charge in [-0.2, -0.15) is 5.26 Å². The number of hydrogen-bond donors (Lipinski definition) is 0. The van der Waals surface area contributed by atoms with Gasteiger partial charge in [-0.3, -0.25) is 0 Å². The summed E-state index contributed by atoms with van der Waals surface area (Å²) >= 11 is 0. The summed E-state index contributed by atoms with van der Waals surface area (Å²) in [6, 6.07) is 9.01. The Labute approximate surface area is 116 Å². The van der Waals surface area contributed by atoms with E-state index < -0.39 is 0 Å². The monoisotopic (exact) mass is 253 g/mol. The molecule has 0 saturated carbocycles. The highest BCUT2D eigenvalue weighted by atomic mass is 15.2. The van der Waals surface area contributed by atoms with Crippen LogP contribution in [-0.4, -0.2) is 38.5 Å². The lowest BCUT2D eigenvalue weighted by Gasteiger charge is -2.40. The maximum Gasteiger partial charge on any atom is 0.232 e. The van der Waals surface area contributed by atoms with Gasteiger partial charge in [-0.25, -0.2) is 0 Å². The summed E-state index contributed by atoms with van der Waals surface area (Å²) in [6.45, 7) is 6.60. The molecule has 0 amide bonds. The van der Waals surface area contributed by atoms with Crippen LogP contribution in [0.3, 0.4) is 0 Å². The molecule has 1 saturated heterocycles. The van der Waals surface area contributed by atoms with Gasteiger partial charge in [-0.15, -0.1) is 0 Å². The Hall–Kier alpha value is -1.47. The SMILES string of the molecule is CBN1CCc2c(C3CN(CCC#N)C3)cccc21. The quantitative estimate of drug-likeness (QED) is 0.766. The normalized spacial score (nSPS) is 18.8. The van der Waals surface area contributed by atoms with Gasteiger partial charge in [0.15, 0.2) is 0 Å². The molecule has 1 aromatic carbocycles. The summed E-state index contributed by atoms with van der Waals surface area (Å²) in [5, 5.41) is 8.62. The number of fused-ring (bicyclic) bond motifs is 1. The first-order chi connectivity index (χ1) is 9.33. The van der Waals surface area contributed by atoms with Crippen LogP contribution < -0.4 is 4.81 Å². The van der Waals surface area contributed by atoms with Gasteiger partial charge in [0.25, 0.3) is 0 Å². The summed E-state index contributed by atoms with van der Waals surface area (Å²) < 4.78 is 0. The van der Waals surface area contributed by atoms with Crippen LogP contribution in [0, 0.1) is 11.3 Å². The molecule has 0 aromatic heterocycles. The number of benzene rings is 1. The lowest BCUT2D eigenvalue weighted by molar-refractivity contribution is 0.151. The second kappa shape index (κ2) is 5.26. The van der Waals surface area contributed by atoms with Crippen molar-refractivity contribution in [3.05, 3.63) is 29.3 Å². The van der Waals surface area contributed by atoms with E-state index in [0.717, 1.165) is 27.0 Å². The van der Waals surface area contributed by atoms with E-state index in [9.17, 15) is 0 Å². The van der Waals surface area contributed by atoms with Crippen molar-refractivity contribution < 1.29 is 0 Å². The van der Waals surface area contributed by atoms with E-state index in [1.165, 1.54) is 18.7 Å². The molecule has 4 heteroatoms. The van der Waals surface area contributed by atoms with Crippen molar-refractivity contribution in [2.24, 2.45) is 0 Å². The Balaban J connectivity index is 1.71. The Morgan fingerprint density at radius 3 is 3.00 bits per heavy atom. The summed E-state index contributed by atoms with van der Waals surface area (Å²) in [6.07, 6.45) is 1.86. The van der Waals surface area contributed by atoms with E-state index in [1.54, 1.807) is 11.1 Å².